The minimum absolute atomic E-state index is 0.273. The first-order valence-corrected chi connectivity index (χ1v) is 15.1. The van der Waals surface area contributed by atoms with Crippen molar-refractivity contribution in [1.82, 2.24) is 0 Å². The highest BCUT2D eigenvalue weighted by Gasteiger charge is 2.72. The lowest BCUT2D eigenvalue weighted by molar-refractivity contribution is -0.288. The van der Waals surface area contributed by atoms with Crippen LogP contribution in [0.1, 0.15) is 22.3 Å². The monoisotopic (exact) mass is 644 g/mol. The van der Waals surface area contributed by atoms with Gasteiger partial charge in [0.25, 0.3) is 0 Å². The molecule has 0 N–H and O–H groups in total. The smallest absolute Gasteiger partial charge is 0.379 e. The molecular formula is C29H22F6O6S2. The fourth-order valence-corrected chi connectivity index (χ4v) is 6.46. The van der Waals surface area contributed by atoms with Gasteiger partial charge in [-0.3, -0.25) is 0 Å². The topological polar surface area (TPSA) is 86.7 Å². The quantitative estimate of drug-likeness (QED) is 0.148. The summed E-state index contributed by atoms with van der Waals surface area (Å²) in [4.78, 5) is -0.545. The fraction of sp³-hybridized carbons (Fsp3) is 0.172. The zero-order valence-electron chi connectivity index (χ0n) is 22.3. The van der Waals surface area contributed by atoms with Crippen molar-refractivity contribution < 1.29 is 51.5 Å². The summed E-state index contributed by atoms with van der Waals surface area (Å²) in [5.74, 6) is -0.950. The summed E-state index contributed by atoms with van der Waals surface area (Å²) in [6, 6.07) is 17.0. The van der Waals surface area contributed by atoms with Crippen molar-refractivity contribution in [3.8, 4) is 11.5 Å². The van der Waals surface area contributed by atoms with Gasteiger partial charge in [-0.1, -0.05) is 60.7 Å². The van der Waals surface area contributed by atoms with E-state index in [0.717, 1.165) is 13.8 Å². The second-order valence-corrected chi connectivity index (χ2v) is 12.5. The van der Waals surface area contributed by atoms with E-state index < -0.39 is 60.6 Å². The highest BCUT2D eigenvalue weighted by atomic mass is 32.2. The molecule has 0 aliphatic rings. The van der Waals surface area contributed by atoms with E-state index in [2.05, 4.69) is 0 Å². The molecule has 4 rings (SSSR count). The van der Waals surface area contributed by atoms with E-state index >= 15 is 0 Å². The van der Waals surface area contributed by atoms with E-state index in [9.17, 15) is 43.2 Å². The van der Waals surface area contributed by atoms with Crippen LogP contribution in [-0.2, 0) is 25.7 Å². The van der Waals surface area contributed by atoms with Crippen molar-refractivity contribution in [2.24, 2.45) is 0 Å². The molecule has 0 aliphatic heterocycles. The Morgan fingerprint density at radius 2 is 0.837 bits per heavy atom. The van der Waals surface area contributed by atoms with Crippen molar-refractivity contribution in [1.29, 1.82) is 0 Å². The van der Waals surface area contributed by atoms with Gasteiger partial charge in [0.15, 0.2) is 0 Å². The number of hydrogen-bond acceptors (Lipinski definition) is 6. The third-order valence-corrected chi connectivity index (χ3v) is 9.03. The molecule has 0 amide bonds. The van der Waals surface area contributed by atoms with E-state index in [0.29, 0.717) is 36.4 Å². The molecule has 228 valence electrons. The molecule has 0 bridgehead atoms. The third kappa shape index (κ3) is 6.07. The Hall–Kier alpha value is -4.04. The zero-order chi connectivity index (χ0) is 31.8. The first-order chi connectivity index (χ1) is 19.9. The molecule has 0 saturated carbocycles. The average molecular weight is 645 g/mol. The first kappa shape index (κ1) is 31.9. The Morgan fingerprint density at radius 1 is 0.512 bits per heavy atom. The number of halogens is 6. The van der Waals surface area contributed by atoms with E-state index in [1.54, 1.807) is 0 Å². The highest BCUT2D eigenvalue weighted by molar-refractivity contribution is 7.87. The Bertz CT molecular complexity index is 1700. The minimum atomic E-state index is -5.96. The maximum absolute atomic E-state index is 14.7. The van der Waals surface area contributed by atoms with Crippen molar-refractivity contribution >= 4 is 20.2 Å². The molecule has 4 aromatic carbocycles. The minimum Gasteiger partial charge on any atom is -0.379 e. The zero-order valence-corrected chi connectivity index (χ0v) is 23.9. The van der Waals surface area contributed by atoms with Crippen molar-refractivity contribution in [2.45, 2.75) is 41.4 Å². The maximum atomic E-state index is 14.7. The molecule has 0 unspecified atom stereocenters. The summed E-state index contributed by atoms with van der Waals surface area (Å²) in [6.45, 7) is 2.21. The molecule has 0 atom stereocenters. The van der Waals surface area contributed by atoms with Gasteiger partial charge in [0.05, 0.1) is 0 Å². The van der Waals surface area contributed by atoms with Gasteiger partial charge in [-0.15, -0.1) is 0 Å². The van der Waals surface area contributed by atoms with Crippen LogP contribution >= 0.6 is 0 Å². The van der Waals surface area contributed by atoms with Gasteiger partial charge >= 0.3 is 32.6 Å². The predicted octanol–water partition coefficient (Wildman–Crippen LogP) is 7.25. The van der Waals surface area contributed by atoms with Gasteiger partial charge in [-0.2, -0.15) is 43.2 Å². The van der Waals surface area contributed by atoms with E-state index in [1.165, 1.54) is 60.7 Å². The standard InChI is InChI=1S/C29H22F6O6S2/c1-19-17-21(13-15-25(19)40-42(36,37)23-9-5-3-6-10-23)27(28(30,31)32,29(33,34)35)22-14-16-26(20(2)18-22)41-43(38,39)24-11-7-4-8-12-24/h3-18H,1-2H3. The second-order valence-electron chi connectivity index (χ2n) is 9.41. The molecule has 4 aromatic rings. The molecule has 0 fully saturated rings. The maximum Gasteiger partial charge on any atom is 0.411 e. The van der Waals surface area contributed by atoms with Gasteiger partial charge in [0.2, 0.25) is 5.41 Å². The number of rotatable bonds is 8. The summed E-state index contributed by atoms with van der Waals surface area (Å²) in [5, 5.41) is 0. The highest BCUT2D eigenvalue weighted by Crippen LogP contribution is 2.57. The largest absolute Gasteiger partial charge is 0.411 e. The summed E-state index contributed by atoms with van der Waals surface area (Å²) in [6.07, 6.45) is -11.9. The summed E-state index contributed by atoms with van der Waals surface area (Å²) in [5.41, 5.74) is -7.76. The van der Waals surface area contributed by atoms with Crippen LogP contribution in [0.5, 0.6) is 11.5 Å². The van der Waals surface area contributed by atoms with Crippen LogP contribution in [0.2, 0.25) is 0 Å². The Morgan fingerprint density at radius 3 is 1.12 bits per heavy atom. The van der Waals surface area contributed by atoms with Crippen LogP contribution in [0, 0.1) is 13.8 Å². The molecule has 0 aliphatic carbocycles. The normalized spacial score (nSPS) is 13.0. The van der Waals surface area contributed by atoms with Crippen LogP contribution in [-0.4, -0.2) is 29.2 Å². The second kappa shape index (κ2) is 11.2. The first-order valence-electron chi connectivity index (χ1n) is 12.2. The Kier molecular flexibility index (Phi) is 8.33. The van der Waals surface area contributed by atoms with Crippen LogP contribution in [0.25, 0.3) is 0 Å². The third-order valence-electron chi connectivity index (χ3n) is 6.53. The van der Waals surface area contributed by atoms with Crippen LogP contribution in [0.15, 0.2) is 107 Å². The number of benzene rings is 4. The summed E-state index contributed by atoms with van der Waals surface area (Å²) < 4.78 is 149. The molecule has 0 aromatic heterocycles. The SMILES string of the molecule is Cc1cc(C(c2ccc(OS(=O)(=O)c3ccccc3)c(C)c2)(C(F)(F)F)C(F)(F)F)ccc1OS(=O)(=O)c1ccccc1. The predicted molar refractivity (Wildman–Crippen MR) is 144 cm³/mol. The fourth-order valence-electron chi connectivity index (χ4n) is 4.44. The molecule has 0 radical (unpaired) electrons. The van der Waals surface area contributed by atoms with Crippen molar-refractivity contribution in [3.63, 3.8) is 0 Å². The summed E-state index contributed by atoms with van der Waals surface area (Å²) >= 11 is 0. The van der Waals surface area contributed by atoms with Crippen LogP contribution < -0.4 is 8.37 Å². The number of hydrogen-bond donors (Lipinski definition) is 0. The molecule has 0 spiro atoms. The van der Waals surface area contributed by atoms with Crippen molar-refractivity contribution in [3.05, 3.63) is 119 Å². The number of aryl methyl sites for hydroxylation is 2. The average Bonchev–Trinajstić information content (AvgIpc) is 2.91. The lowest BCUT2D eigenvalue weighted by Crippen LogP contribution is -2.54. The van der Waals surface area contributed by atoms with E-state index in [-0.39, 0.29) is 20.9 Å². The van der Waals surface area contributed by atoms with Gasteiger partial charge < -0.3 is 8.37 Å². The lowest BCUT2D eigenvalue weighted by atomic mass is 9.72. The van der Waals surface area contributed by atoms with Gasteiger partial charge in [0, 0.05) is 0 Å². The molecule has 14 heteroatoms. The Labute approximate surface area is 243 Å². The van der Waals surface area contributed by atoms with E-state index in [1.807, 2.05) is 0 Å². The van der Waals surface area contributed by atoms with Gasteiger partial charge in [-0.25, -0.2) is 0 Å². The summed E-state index contributed by atoms with van der Waals surface area (Å²) in [7, 11) is -8.89. The molecule has 6 nitrogen and oxygen atoms in total. The van der Waals surface area contributed by atoms with Crippen LogP contribution in [0.3, 0.4) is 0 Å². The van der Waals surface area contributed by atoms with Crippen molar-refractivity contribution in [2.75, 3.05) is 0 Å². The van der Waals surface area contributed by atoms with Crippen LogP contribution in [0.4, 0.5) is 26.3 Å². The molecule has 43 heavy (non-hydrogen) atoms. The molecule has 0 heterocycles. The lowest BCUT2D eigenvalue weighted by Gasteiger charge is -2.38. The molecule has 0 saturated heterocycles. The Balaban J connectivity index is 1.82. The van der Waals surface area contributed by atoms with Gasteiger partial charge in [-0.05, 0) is 72.5 Å². The van der Waals surface area contributed by atoms with Gasteiger partial charge in [0.1, 0.15) is 21.3 Å². The number of alkyl halides is 6. The van der Waals surface area contributed by atoms with E-state index in [4.69, 9.17) is 8.37 Å². The molecular weight excluding hydrogens is 622 g/mol.